The van der Waals surface area contributed by atoms with Crippen LogP contribution < -0.4 is 4.74 Å². The normalized spacial score (nSPS) is 23.8. The van der Waals surface area contributed by atoms with Gasteiger partial charge in [0.05, 0.1) is 25.9 Å². The number of hydrogen-bond donors (Lipinski definition) is 0. The van der Waals surface area contributed by atoms with Crippen LogP contribution in [0, 0.1) is 12.8 Å². The van der Waals surface area contributed by atoms with E-state index in [1.165, 1.54) is 16.0 Å². The number of esters is 1. The van der Waals surface area contributed by atoms with Crippen LogP contribution in [-0.4, -0.2) is 66.9 Å². The van der Waals surface area contributed by atoms with Crippen LogP contribution in [0.3, 0.4) is 0 Å². The number of likely N-dealkylation sites (tertiary alicyclic amines) is 1. The standard InChI is InChI=1S/C30H45NO7/c1-7-9-17-36-25-12-10-11-20(3)26(25)21-13-15-22(16-14-21)37-19-24-27(32)23(28(33)35-8-2)18-31(24)29(34)38-30(4,5)6/h10-12,21-24H,7-9,13-19H2,1-6H3. The molecule has 212 valence electrons. The van der Waals surface area contributed by atoms with Crippen LogP contribution in [0.15, 0.2) is 18.2 Å². The first-order chi connectivity index (χ1) is 18.1. The average molecular weight is 532 g/mol. The van der Waals surface area contributed by atoms with Crippen LogP contribution in [0.1, 0.15) is 90.2 Å². The van der Waals surface area contributed by atoms with Crippen molar-refractivity contribution < 1.29 is 33.3 Å². The largest absolute Gasteiger partial charge is 0.493 e. The maximum atomic E-state index is 13.2. The molecule has 3 rings (SSSR count). The fraction of sp³-hybridized carbons (Fsp3) is 0.700. The zero-order valence-electron chi connectivity index (χ0n) is 23.9. The van der Waals surface area contributed by atoms with Crippen LogP contribution >= 0.6 is 0 Å². The van der Waals surface area contributed by atoms with E-state index in [1.807, 2.05) is 6.07 Å². The van der Waals surface area contributed by atoms with E-state index in [0.717, 1.165) is 50.9 Å². The van der Waals surface area contributed by atoms with E-state index in [4.69, 9.17) is 18.9 Å². The lowest BCUT2D eigenvalue weighted by molar-refractivity contribution is -0.150. The van der Waals surface area contributed by atoms with E-state index in [9.17, 15) is 14.4 Å². The topological polar surface area (TPSA) is 91.4 Å². The molecule has 8 heteroatoms. The van der Waals surface area contributed by atoms with Gasteiger partial charge >= 0.3 is 12.1 Å². The number of amides is 1. The van der Waals surface area contributed by atoms with Gasteiger partial charge in [-0.3, -0.25) is 14.5 Å². The summed E-state index contributed by atoms with van der Waals surface area (Å²) in [4.78, 5) is 39.8. The molecule has 2 fully saturated rings. The summed E-state index contributed by atoms with van der Waals surface area (Å²) in [5, 5.41) is 0. The molecule has 0 bridgehead atoms. The maximum Gasteiger partial charge on any atom is 0.411 e. The molecule has 38 heavy (non-hydrogen) atoms. The molecule has 1 aromatic rings. The molecule has 2 aliphatic rings. The molecule has 0 aromatic heterocycles. The molecule has 0 N–H and O–H groups in total. The number of Topliss-reactive ketones (excluding diaryl/α,β-unsaturated/α-hetero) is 1. The summed E-state index contributed by atoms with van der Waals surface area (Å²) in [6, 6.07) is 5.39. The Labute approximate surface area is 227 Å². The summed E-state index contributed by atoms with van der Waals surface area (Å²) in [6.45, 7) is 12.2. The number of carbonyl (C=O) groups is 3. The molecule has 1 aliphatic heterocycles. The summed E-state index contributed by atoms with van der Waals surface area (Å²) >= 11 is 0. The van der Waals surface area contributed by atoms with Crippen molar-refractivity contribution in [2.75, 3.05) is 26.4 Å². The maximum absolute atomic E-state index is 13.2. The minimum Gasteiger partial charge on any atom is -0.493 e. The Hall–Kier alpha value is -2.61. The highest BCUT2D eigenvalue weighted by molar-refractivity contribution is 6.05. The number of ether oxygens (including phenoxy) is 4. The van der Waals surface area contributed by atoms with Gasteiger partial charge in [0.2, 0.25) is 0 Å². The van der Waals surface area contributed by atoms with Crippen LogP contribution in [0.2, 0.25) is 0 Å². The molecule has 0 spiro atoms. The number of hydrogen-bond acceptors (Lipinski definition) is 7. The van der Waals surface area contributed by atoms with Crippen molar-refractivity contribution >= 4 is 17.8 Å². The summed E-state index contributed by atoms with van der Waals surface area (Å²) in [6.07, 6.45) is 5.10. The molecule has 2 atom stereocenters. The van der Waals surface area contributed by atoms with Gasteiger partial charge in [0.25, 0.3) is 0 Å². The van der Waals surface area contributed by atoms with Crippen molar-refractivity contribution in [3.05, 3.63) is 29.3 Å². The third kappa shape index (κ3) is 7.71. The molecule has 1 saturated heterocycles. The Bertz CT molecular complexity index is 962. The zero-order valence-corrected chi connectivity index (χ0v) is 23.9. The van der Waals surface area contributed by atoms with Crippen LogP contribution in [0.4, 0.5) is 4.79 Å². The molecule has 1 saturated carbocycles. The highest BCUT2D eigenvalue weighted by atomic mass is 16.6. The van der Waals surface area contributed by atoms with Crippen LogP contribution in [0.5, 0.6) is 5.75 Å². The molecule has 8 nitrogen and oxygen atoms in total. The lowest BCUT2D eigenvalue weighted by Gasteiger charge is -2.32. The fourth-order valence-electron chi connectivity index (χ4n) is 5.30. The van der Waals surface area contributed by atoms with Crippen molar-refractivity contribution in [3.63, 3.8) is 0 Å². The number of aryl methyl sites for hydroxylation is 1. The number of nitrogens with zero attached hydrogens (tertiary/aromatic N) is 1. The van der Waals surface area contributed by atoms with E-state index >= 15 is 0 Å². The molecule has 1 aromatic carbocycles. The number of carbonyl (C=O) groups excluding carboxylic acids is 3. The third-order valence-corrected chi connectivity index (χ3v) is 7.24. The Kier molecular flexibility index (Phi) is 10.6. The smallest absolute Gasteiger partial charge is 0.411 e. The van der Waals surface area contributed by atoms with Gasteiger partial charge in [-0.2, -0.15) is 0 Å². The lowest BCUT2D eigenvalue weighted by Crippen LogP contribution is -2.44. The van der Waals surface area contributed by atoms with Gasteiger partial charge in [-0.05, 0) is 84.3 Å². The lowest BCUT2D eigenvalue weighted by atomic mass is 9.80. The first-order valence-electron chi connectivity index (χ1n) is 14.1. The summed E-state index contributed by atoms with van der Waals surface area (Å²) in [5.74, 6) is -0.593. The van der Waals surface area contributed by atoms with Gasteiger partial charge in [0.15, 0.2) is 5.78 Å². The van der Waals surface area contributed by atoms with Gasteiger partial charge in [-0.15, -0.1) is 0 Å². The van der Waals surface area contributed by atoms with Crippen LogP contribution in [-0.2, 0) is 23.8 Å². The van der Waals surface area contributed by atoms with Crippen LogP contribution in [0.25, 0.3) is 0 Å². The SMILES string of the molecule is CCCCOc1cccc(C)c1C1CCC(OCC2C(=O)C(C(=O)OCC)CN2C(=O)OC(C)(C)C)CC1. The van der Waals surface area contributed by atoms with Gasteiger partial charge < -0.3 is 18.9 Å². The molecule has 1 aliphatic carbocycles. The second kappa shape index (κ2) is 13.5. The Morgan fingerprint density at radius 1 is 1.08 bits per heavy atom. The van der Waals surface area contributed by atoms with Gasteiger partial charge in [-0.25, -0.2) is 4.79 Å². The monoisotopic (exact) mass is 531 g/mol. The molecular formula is C30H45NO7. The van der Waals surface area contributed by atoms with Gasteiger partial charge in [0, 0.05) is 12.1 Å². The molecule has 0 radical (unpaired) electrons. The second-order valence-electron chi connectivity index (χ2n) is 11.4. The minimum atomic E-state index is -1.01. The molecular weight excluding hydrogens is 486 g/mol. The summed E-state index contributed by atoms with van der Waals surface area (Å²) in [5.41, 5.74) is 1.82. The van der Waals surface area contributed by atoms with Gasteiger partial charge in [0.1, 0.15) is 23.3 Å². The second-order valence-corrected chi connectivity index (χ2v) is 11.4. The Morgan fingerprint density at radius 3 is 2.42 bits per heavy atom. The Morgan fingerprint density at radius 2 is 1.79 bits per heavy atom. The highest BCUT2D eigenvalue weighted by Crippen LogP contribution is 2.40. The third-order valence-electron chi connectivity index (χ3n) is 7.24. The predicted octanol–water partition coefficient (Wildman–Crippen LogP) is 5.58. The molecule has 1 heterocycles. The van der Waals surface area contributed by atoms with E-state index in [-0.39, 0.29) is 31.6 Å². The number of benzene rings is 1. The van der Waals surface area contributed by atoms with Crippen molar-refractivity contribution in [3.8, 4) is 5.75 Å². The Balaban J connectivity index is 1.62. The quantitative estimate of drug-likeness (QED) is 0.221. The minimum absolute atomic E-state index is 0.0188. The van der Waals surface area contributed by atoms with Crippen molar-refractivity contribution in [2.24, 2.45) is 5.92 Å². The molecule has 1 amide bonds. The average Bonchev–Trinajstić information content (AvgIpc) is 3.19. The van der Waals surface area contributed by atoms with Crippen molar-refractivity contribution in [1.29, 1.82) is 0 Å². The number of rotatable bonds is 10. The zero-order chi connectivity index (χ0) is 27.9. The van der Waals surface area contributed by atoms with Crippen molar-refractivity contribution in [2.45, 2.75) is 104 Å². The summed E-state index contributed by atoms with van der Waals surface area (Å²) < 4.78 is 22.9. The molecule has 2 unspecified atom stereocenters. The first kappa shape index (κ1) is 29.9. The first-order valence-corrected chi connectivity index (χ1v) is 14.1. The van der Waals surface area contributed by atoms with E-state index in [2.05, 4.69) is 26.0 Å². The number of ketones is 1. The fourth-order valence-corrected chi connectivity index (χ4v) is 5.30. The highest BCUT2D eigenvalue weighted by Gasteiger charge is 2.48. The summed E-state index contributed by atoms with van der Waals surface area (Å²) in [7, 11) is 0. The predicted molar refractivity (Wildman–Crippen MR) is 144 cm³/mol. The van der Waals surface area contributed by atoms with E-state index in [1.54, 1.807) is 27.7 Å². The van der Waals surface area contributed by atoms with Gasteiger partial charge in [-0.1, -0.05) is 25.5 Å². The number of unbranched alkanes of at least 4 members (excludes halogenated alkanes) is 1. The van der Waals surface area contributed by atoms with E-state index in [0.29, 0.717) is 5.92 Å². The van der Waals surface area contributed by atoms with E-state index < -0.39 is 29.6 Å². The van der Waals surface area contributed by atoms with Crippen molar-refractivity contribution in [1.82, 2.24) is 4.90 Å².